The van der Waals surface area contributed by atoms with Crippen molar-refractivity contribution in [1.29, 1.82) is 0 Å². The van der Waals surface area contributed by atoms with Gasteiger partial charge in [-0.3, -0.25) is 4.98 Å². The Balaban J connectivity index is 2.04. The van der Waals surface area contributed by atoms with Gasteiger partial charge in [0.2, 0.25) is 0 Å². The van der Waals surface area contributed by atoms with Gasteiger partial charge in [-0.25, -0.2) is 0 Å². The lowest BCUT2D eigenvalue weighted by atomic mass is 10.2. The molecule has 0 saturated heterocycles. The molecule has 1 aromatic heterocycles. The van der Waals surface area contributed by atoms with Gasteiger partial charge in [-0.1, -0.05) is 6.07 Å². The van der Waals surface area contributed by atoms with E-state index in [0.29, 0.717) is 0 Å². The van der Waals surface area contributed by atoms with Crippen molar-refractivity contribution in [2.45, 2.75) is 13.5 Å². The number of aryl methyl sites for hydroxylation is 1. The van der Waals surface area contributed by atoms with Gasteiger partial charge in [0, 0.05) is 24.6 Å². The van der Waals surface area contributed by atoms with Crippen molar-refractivity contribution < 1.29 is 4.74 Å². The Hall–Kier alpha value is -2.03. The van der Waals surface area contributed by atoms with Crippen LogP contribution in [0.2, 0.25) is 0 Å². The number of benzene rings is 1. The van der Waals surface area contributed by atoms with Crippen LogP contribution in [0, 0.1) is 6.92 Å². The maximum Gasteiger partial charge on any atom is 0.119 e. The molecule has 1 heterocycles. The van der Waals surface area contributed by atoms with E-state index in [9.17, 15) is 0 Å². The first kappa shape index (κ1) is 11.5. The van der Waals surface area contributed by atoms with Crippen molar-refractivity contribution >= 4 is 5.69 Å². The summed E-state index contributed by atoms with van der Waals surface area (Å²) in [5.41, 5.74) is 3.46. The van der Waals surface area contributed by atoms with Gasteiger partial charge in [-0.2, -0.15) is 0 Å². The average Bonchev–Trinajstić information content (AvgIpc) is 2.38. The summed E-state index contributed by atoms with van der Waals surface area (Å²) in [6.07, 6.45) is 3.65. The molecule has 88 valence electrons. The summed E-state index contributed by atoms with van der Waals surface area (Å²) in [5, 5.41) is 3.38. The summed E-state index contributed by atoms with van der Waals surface area (Å²) in [6, 6.07) is 10.0. The first-order chi connectivity index (χ1) is 8.29. The van der Waals surface area contributed by atoms with Gasteiger partial charge in [-0.15, -0.1) is 0 Å². The molecular weight excluding hydrogens is 212 g/mol. The summed E-state index contributed by atoms with van der Waals surface area (Å²) < 4.78 is 5.18. The third-order valence-electron chi connectivity index (χ3n) is 2.64. The van der Waals surface area contributed by atoms with Gasteiger partial charge in [0.1, 0.15) is 5.75 Å². The number of methoxy groups -OCH3 is 1. The van der Waals surface area contributed by atoms with Crippen molar-refractivity contribution in [1.82, 2.24) is 4.98 Å². The Kier molecular flexibility index (Phi) is 3.60. The molecule has 2 aromatic rings. The molecule has 0 saturated carbocycles. The van der Waals surface area contributed by atoms with E-state index < -0.39 is 0 Å². The van der Waals surface area contributed by atoms with Crippen LogP contribution in [0.1, 0.15) is 11.1 Å². The van der Waals surface area contributed by atoms with Gasteiger partial charge in [-0.05, 0) is 42.3 Å². The molecule has 0 radical (unpaired) electrons. The minimum atomic E-state index is 0.779. The van der Waals surface area contributed by atoms with Crippen molar-refractivity contribution in [3.8, 4) is 5.75 Å². The molecule has 17 heavy (non-hydrogen) atoms. The zero-order valence-corrected chi connectivity index (χ0v) is 10.1. The quantitative estimate of drug-likeness (QED) is 0.873. The van der Waals surface area contributed by atoms with Crippen LogP contribution in [0.4, 0.5) is 5.69 Å². The summed E-state index contributed by atoms with van der Waals surface area (Å²) >= 11 is 0. The number of hydrogen-bond acceptors (Lipinski definition) is 3. The molecule has 0 bridgehead atoms. The van der Waals surface area contributed by atoms with Gasteiger partial charge < -0.3 is 10.1 Å². The fourth-order valence-electron chi connectivity index (χ4n) is 1.66. The van der Waals surface area contributed by atoms with Crippen LogP contribution in [-0.2, 0) is 6.54 Å². The predicted octanol–water partition coefficient (Wildman–Crippen LogP) is 3.01. The standard InChI is InChI=1S/C14H16N2O/c1-11-8-13(17-2)5-6-14(11)16-10-12-4-3-7-15-9-12/h3-9,16H,10H2,1-2H3. The van der Waals surface area contributed by atoms with Crippen LogP contribution in [0.25, 0.3) is 0 Å². The van der Waals surface area contributed by atoms with Gasteiger partial charge in [0.15, 0.2) is 0 Å². The highest BCUT2D eigenvalue weighted by atomic mass is 16.5. The lowest BCUT2D eigenvalue weighted by molar-refractivity contribution is 0.414. The summed E-state index contributed by atoms with van der Waals surface area (Å²) in [4.78, 5) is 4.09. The van der Waals surface area contributed by atoms with Crippen molar-refractivity contribution in [2.75, 3.05) is 12.4 Å². The smallest absolute Gasteiger partial charge is 0.119 e. The van der Waals surface area contributed by atoms with E-state index in [1.54, 1.807) is 13.3 Å². The minimum absolute atomic E-state index is 0.779. The molecule has 0 fully saturated rings. The maximum absolute atomic E-state index is 5.18. The Morgan fingerprint density at radius 3 is 2.82 bits per heavy atom. The third kappa shape index (κ3) is 2.97. The van der Waals surface area contributed by atoms with Crippen molar-refractivity contribution in [3.05, 3.63) is 53.9 Å². The summed E-state index contributed by atoms with van der Waals surface area (Å²) in [6.45, 7) is 2.84. The van der Waals surface area contributed by atoms with E-state index in [1.165, 1.54) is 11.1 Å². The molecule has 2 rings (SSSR count). The van der Waals surface area contributed by atoms with Crippen LogP contribution >= 0.6 is 0 Å². The van der Waals surface area contributed by atoms with Crippen molar-refractivity contribution in [2.24, 2.45) is 0 Å². The molecule has 0 aliphatic heterocycles. The molecule has 0 amide bonds. The number of aromatic nitrogens is 1. The van der Waals surface area contributed by atoms with Crippen LogP contribution < -0.4 is 10.1 Å². The van der Waals surface area contributed by atoms with E-state index in [2.05, 4.69) is 23.3 Å². The van der Waals surface area contributed by atoms with Crippen molar-refractivity contribution in [3.63, 3.8) is 0 Å². The topological polar surface area (TPSA) is 34.1 Å². The SMILES string of the molecule is COc1ccc(NCc2cccnc2)c(C)c1. The normalized spacial score (nSPS) is 10.0. The number of pyridine rings is 1. The second-order valence-electron chi connectivity index (χ2n) is 3.90. The first-order valence-electron chi connectivity index (χ1n) is 5.57. The van der Waals surface area contributed by atoms with E-state index in [4.69, 9.17) is 4.74 Å². The molecule has 0 aliphatic carbocycles. The highest BCUT2D eigenvalue weighted by Gasteiger charge is 2.00. The first-order valence-corrected chi connectivity index (χ1v) is 5.57. The van der Waals surface area contributed by atoms with E-state index in [0.717, 1.165) is 18.0 Å². The molecule has 1 aromatic carbocycles. The summed E-state index contributed by atoms with van der Waals surface area (Å²) in [5.74, 6) is 0.884. The molecule has 1 N–H and O–H groups in total. The Morgan fingerprint density at radius 1 is 1.29 bits per heavy atom. The van der Waals surface area contributed by atoms with Gasteiger partial charge >= 0.3 is 0 Å². The van der Waals surface area contributed by atoms with Crippen LogP contribution in [0.15, 0.2) is 42.7 Å². The predicted molar refractivity (Wildman–Crippen MR) is 69.3 cm³/mol. The molecule has 0 spiro atoms. The zero-order chi connectivity index (χ0) is 12.1. The minimum Gasteiger partial charge on any atom is -0.497 e. The molecule has 0 unspecified atom stereocenters. The number of hydrogen-bond donors (Lipinski definition) is 1. The fourth-order valence-corrected chi connectivity index (χ4v) is 1.66. The molecule has 0 aliphatic rings. The number of nitrogens with one attached hydrogen (secondary N) is 1. The third-order valence-corrected chi connectivity index (χ3v) is 2.64. The Labute approximate surface area is 101 Å². The Bertz CT molecular complexity index is 483. The highest BCUT2D eigenvalue weighted by Crippen LogP contribution is 2.21. The lowest BCUT2D eigenvalue weighted by Gasteiger charge is -2.10. The zero-order valence-electron chi connectivity index (χ0n) is 10.1. The van der Waals surface area contributed by atoms with Crippen LogP contribution in [0.3, 0.4) is 0 Å². The highest BCUT2D eigenvalue weighted by molar-refractivity contribution is 5.53. The van der Waals surface area contributed by atoms with E-state index >= 15 is 0 Å². The van der Waals surface area contributed by atoms with Gasteiger partial charge in [0.25, 0.3) is 0 Å². The maximum atomic E-state index is 5.18. The van der Waals surface area contributed by atoms with E-state index in [1.807, 2.05) is 30.5 Å². The van der Waals surface area contributed by atoms with Crippen LogP contribution in [-0.4, -0.2) is 12.1 Å². The second-order valence-corrected chi connectivity index (χ2v) is 3.90. The number of anilines is 1. The molecule has 3 nitrogen and oxygen atoms in total. The van der Waals surface area contributed by atoms with Gasteiger partial charge in [0.05, 0.1) is 7.11 Å². The van der Waals surface area contributed by atoms with E-state index in [-0.39, 0.29) is 0 Å². The lowest BCUT2D eigenvalue weighted by Crippen LogP contribution is -2.01. The number of nitrogens with zero attached hydrogens (tertiary/aromatic N) is 1. The summed E-state index contributed by atoms with van der Waals surface area (Å²) in [7, 11) is 1.68. The average molecular weight is 228 g/mol. The molecule has 0 atom stereocenters. The monoisotopic (exact) mass is 228 g/mol. The number of rotatable bonds is 4. The fraction of sp³-hybridized carbons (Fsp3) is 0.214. The molecular formula is C14H16N2O. The van der Waals surface area contributed by atoms with Crippen LogP contribution in [0.5, 0.6) is 5.75 Å². The Morgan fingerprint density at radius 2 is 2.18 bits per heavy atom. The second kappa shape index (κ2) is 5.34. The number of ether oxygens (including phenoxy) is 1. The molecule has 3 heteroatoms. The largest absolute Gasteiger partial charge is 0.497 e.